The van der Waals surface area contributed by atoms with Gasteiger partial charge in [0, 0.05) is 29.3 Å². The first-order valence-electron chi connectivity index (χ1n) is 8.04. The summed E-state index contributed by atoms with van der Waals surface area (Å²) in [7, 11) is 0. The topological polar surface area (TPSA) is 17.3 Å². The number of rotatable bonds is 2. The molecule has 0 saturated carbocycles. The lowest BCUT2D eigenvalue weighted by molar-refractivity contribution is 0.0137. The van der Waals surface area contributed by atoms with Crippen molar-refractivity contribution in [2.75, 3.05) is 0 Å². The van der Waals surface area contributed by atoms with E-state index in [0.717, 1.165) is 23.0 Å². The molecule has 1 aliphatic heterocycles. The molecule has 0 spiro atoms. The first-order valence-corrected chi connectivity index (χ1v) is 8.42. The van der Waals surface area contributed by atoms with Crippen molar-refractivity contribution >= 4 is 17.3 Å². The predicted octanol–water partition coefficient (Wildman–Crippen LogP) is 5.73. The Morgan fingerprint density at radius 2 is 1.92 bits per heavy atom. The zero-order chi connectivity index (χ0) is 18.5. The second-order valence-corrected chi connectivity index (χ2v) is 6.66. The average Bonchev–Trinajstić information content (AvgIpc) is 3.00. The van der Waals surface area contributed by atoms with Crippen molar-refractivity contribution in [3.63, 3.8) is 0 Å². The van der Waals surface area contributed by atoms with Crippen LogP contribution in [0.25, 0.3) is 5.69 Å². The van der Waals surface area contributed by atoms with Gasteiger partial charge in [-0.2, -0.15) is 0 Å². The Kier molecular flexibility index (Phi) is 3.92. The molecule has 1 aromatic heterocycles. The van der Waals surface area contributed by atoms with E-state index in [9.17, 15) is 13.2 Å². The molecule has 0 atom stereocenters. The molecule has 26 heavy (non-hydrogen) atoms. The minimum atomic E-state index is -3.28. The van der Waals surface area contributed by atoms with Crippen molar-refractivity contribution in [3.05, 3.63) is 88.0 Å². The van der Waals surface area contributed by atoms with Crippen molar-refractivity contribution in [3.8, 4) is 5.69 Å². The molecule has 4 rings (SSSR count). The minimum absolute atomic E-state index is 0.307. The summed E-state index contributed by atoms with van der Waals surface area (Å²) in [4.78, 5) is 4.61. The summed E-state index contributed by atoms with van der Waals surface area (Å²) in [5.41, 5.74) is 2.79. The van der Waals surface area contributed by atoms with Crippen LogP contribution >= 0.6 is 11.6 Å². The monoisotopic (exact) mass is 374 g/mol. The lowest BCUT2D eigenvalue weighted by Crippen LogP contribution is -2.14. The first-order chi connectivity index (χ1) is 12.4. The molecule has 2 heterocycles. The van der Waals surface area contributed by atoms with Gasteiger partial charge in [-0.3, -0.25) is 4.99 Å². The number of hydrogen-bond acceptors (Lipinski definition) is 1. The summed E-state index contributed by atoms with van der Waals surface area (Å²) in [5, 5.41) is 0.590. The molecule has 132 valence electrons. The summed E-state index contributed by atoms with van der Waals surface area (Å²) in [6.07, 6.45) is 1.87. The Morgan fingerprint density at radius 3 is 2.69 bits per heavy atom. The molecular formula is C20H14ClF3N2. The van der Waals surface area contributed by atoms with Crippen LogP contribution in [-0.2, 0) is 12.5 Å². The van der Waals surface area contributed by atoms with Crippen LogP contribution in [0.1, 0.15) is 29.3 Å². The molecule has 2 aromatic carbocycles. The van der Waals surface area contributed by atoms with Gasteiger partial charge in [-0.15, -0.1) is 0 Å². The van der Waals surface area contributed by atoms with E-state index in [-0.39, 0.29) is 0 Å². The van der Waals surface area contributed by atoms with Gasteiger partial charge in [0.15, 0.2) is 0 Å². The number of aliphatic imine (C=N–C) groups is 1. The minimum Gasteiger partial charge on any atom is -0.315 e. The van der Waals surface area contributed by atoms with Crippen molar-refractivity contribution in [2.24, 2.45) is 4.99 Å². The molecule has 0 N–H and O–H groups in total. The molecule has 3 aromatic rings. The Bertz CT molecular complexity index is 1030. The Balaban J connectivity index is 1.91. The largest absolute Gasteiger partial charge is 0.315 e. The zero-order valence-corrected chi connectivity index (χ0v) is 14.6. The molecule has 0 unspecified atom stereocenters. The second kappa shape index (κ2) is 6.02. The maximum absolute atomic E-state index is 13.9. The Hall–Kier alpha value is -2.53. The Morgan fingerprint density at radius 1 is 1.12 bits per heavy atom. The van der Waals surface area contributed by atoms with Gasteiger partial charge in [0.05, 0.1) is 29.2 Å². The highest BCUT2D eigenvalue weighted by atomic mass is 35.5. The van der Waals surface area contributed by atoms with Crippen molar-refractivity contribution < 1.29 is 13.2 Å². The third-order valence-corrected chi connectivity index (χ3v) is 4.81. The van der Waals surface area contributed by atoms with E-state index >= 15 is 0 Å². The van der Waals surface area contributed by atoms with Crippen molar-refractivity contribution in [2.45, 2.75) is 19.4 Å². The number of alkyl halides is 2. The van der Waals surface area contributed by atoms with Gasteiger partial charge in [-0.1, -0.05) is 17.7 Å². The maximum atomic E-state index is 13.9. The summed E-state index contributed by atoms with van der Waals surface area (Å²) in [5.74, 6) is -4.21. The van der Waals surface area contributed by atoms with Crippen LogP contribution in [0.2, 0.25) is 5.02 Å². The zero-order valence-electron chi connectivity index (χ0n) is 13.8. The number of benzene rings is 2. The quantitative estimate of drug-likeness (QED) is 0.545. The van der Waals surface area contributed by atoms with Gasteiger partial charge in [-0.05, 0) is 42.5 Å². The standard InChI is InChI=1S/C20H14ClF3N2/c1-20(23,24)14-10-12(7-8-16(14)22)19-18-6-3-9-26(18)17-5-2-4-15(21)13(17)11-25-19/h2-10H,11H2,1H3. The molecule has 0 fully saturated rings. The van der Waals surface area contributed by atoms with Crippen LogP contribution < -0.4 is 0 Å². The normalized spacial score (nSPS) is 13.7. The van der Waals surface area contributed by atoms with Crippen LogP contribution in [0.5, 0.6) is 0 Å². The van der Waals surface area contributed by atoms with E-state index in [1.807, 2.05) is 35.0 Å². The van der Waals surface area contributed by atoms with Crippen LogP contribution in [-0.4, -0.2) is 10.3 Å². The molecule has 0 bridgehead atoms. The maximum Gasteiger partial charge on any atom is 0.273 e. The van der Waals surface area contributed by atoms with E-state index in [2.05, 4.69) is 4.99 Å². The molecule has 1 aliphatic rings. The van der Waals surface area contributed by atoms with Gasteiger partial charge < -0.3 is 4.57 Å². The van der Waals surface area contributed by atoms with E-state index in [4.69, 9.17) is 11.6 Å². The number of hydrogen-bond donors (Lipinski definition) is 0. The smallest absolute Gasteiger partial charge is 0.273 e. The summed E-state index contributed by atoms with van der Waals surface area (Å²) in [6.45, 7) is 0.990. The van der Waals surface area contributed by atoms with Crippen molar-refractivity contribution in [1.29, 1.82) is 0 Å². The van der Waals surface area contributed by atoms with Gasteiger partial charge in [0.1, 0.15) is 5.82 Å². The summed E-state index contributed by atoms with van der Waals surface area (Å²) in [6, 6.07) is 13.0. The van der Waals surface area contributed by atoms with Gasteiger partial charge in [-0.25, -0.2) is 13.2 Å². The van der Waals surface area contributed by atoms with E-state index in [1.54, 1.807) is 6.07 Å². The van der Waals surface area contributed by atoms with Gasteiger partial charge in [0.25, 0.3) is 5.92 Å². The molecule has 0 amide bonds. The first kappa shape index (κ1) is 16.9. The fourth-order valence-electron chi connectivity index (χ4n) is 3.20. The third kappa shape index (κ3) is 2.72. The fourth-order valence-corrected chi connectivity index (χ4v) is 3.43. The van der Waals surface area contributed by atoms with E-state index in [1.165, 1.54) is 12.1 Å². The number of fused-ring (bicyclic) bond motifs is 3. The predicted molar refractivity (Wildman–Crippen MR) is 96.1 cm³/mol. The summed E-state index contributed by atoms with van der Waals surface area (Å²) < 4.78 is 43.3. The molecule has 6 heteroatoms. The number of aromatic nitrogens is 1. The molecule has 0 radical (unpaired) electrons. The lowest BCUT2D eigenvalue weighted by Gasteiger charge is -2.15. The summed E-state index contributed by atoms with van der Waals surface area (Å²) >= 11 is 6.32. The highest BCUT2D eigenvalue weighted by Gasteiger charge is 2.29. The number of nitrogens with zero attached hydrogens (tertiary/aromatic N) is 2. The lowest BCUT2D eigenvalue weighted by atomic mass is 10.0. The molecule has 0 aliphatic carbocycles. The van der Waals surface area contributed by atoms with Crippen LogP contribution in [0, 0.1) is 5.82 Å². The Labute approximate surface area is 153 Å². The highest BCUT2D eigenvalue weighted by molar-refractivity contribution is 6.31. The second-order valence-electron chi connectivity index (χ2n) is 6.25. The van der Waals surface area contributed by atoms with Gasteiger partial charge >= 0.3 is 0 Å². The number of halogens is 4. The van der Waals surface area contributed by atoms with Crippen molar-refractivity contribution in [1.82, 2.24) is 4.57 Å². The van der Waals surface area contributed by atoms with Crippen LogP contribution in [0.4, 0.5) is 13.2 Å². The molecule has 2 nitrogen and oxygen atoms in total. The van der Waals surface area contributed by atoms with Crippen LogP contribution in [0.15, 0.2) is 59.7 Å². The SMILES string of the molecule is CC(F)(F)c1cc(C2=NCc3c(Cl)cccc3-n3cccc32)ccc1F. The van der Waals surface area contributed by atoms with E-state index < -0.39 is 17.3 Å². The van der Waals surface area contributed by atoms with Gasteiger partial charge in [0.2, 0.25) is 0 Å². The average molecular weight is 375 g/mol. The molecule has 0 saturated heterocycles. The third-order valence-electron chi connectivity index (χ3n) is 4.45. The highest BCUT2D eigenvalue weighted by Crippen LogP contribution is 2.33. The molecular weight excluding hydrogens is 361 g/mol. The van der Waals surface area contributed by atoms with Crippen LogP contribution in [0.3, 0.4) is 0 Å². The fraction of sp³-hybridized carbons (Fsp3) is 0.150. The van der Waals surface area contributed by atoms with E-state index in [0.29, 0.717) is 29.8 Å².